The van der Waals surface area contributed by atoms with E-state index in [0.717, 1.165) is 25.2 Å². The Morgan fingerprint density at radius 3 is 2.84 bits per heavy atom. The molecule has 104 valence electrons. The van der Waals surface area contributed by atoms with Crippen molar-refractivity contribution in [2.45, 2.75) is 46.1 Å². The van der Waals surface area contributed by atoms with Crippen molar-refractivity contribution in [2.75, 3.05) is 6.61 Å². The van der Waals surface area contributed by atoms with Gasteiger partial charge in [0.05, 0.1) is 12.6 Å². The van der Waals surface area contributed by atoms with Crippen LogP contribution >= 0.6 is 0 Å². The SMILES string of the molecule is CC(C)(C)C(N)C(=O)CCc1ccc2c(c1)CCO2. The molecule has 19 heavy (non-hydrogen) atoms. The Hall–Kier alpha value is -1.35. The van der Waals surface area contributed by atoms with Gasteiger partial charge in [-0.1, -0.05) is 32.9 Å². The zero-order valence-corrected chi connectivity index (χ0v) is 12.0. The normalized spacial score (nSPS) is 15.8. The molecule has 1 heterocycles. The van der Waals surface area contributed by atoms with E-state index >= 15 is 0 Å². The smallest absolute Gasteiger partial charge is 0.150 e. The van der Waals surface area contributed by atoms with Crippen LogP contribution in [0.1, 0.15) is 38.3 Å². The van der Waals surface area contributed by atoms with Crippen LogP contribution in [-0.4, -0.2) is 18.4 Å². The molecule has 2 rings (SSSR count). The van der Waals surface area contributed by atoms with Gasteiger partial charge < -0.3 is 10.5 Å². The number of nitrogens with two attached hydrogens (primary N) is 1. The van der Waals surface area contributed by atoms with Gasteiger partial charge in [-0.2, -0.15) is 0 Å². The van der Waals surface area contributed by atoms with Crippen molar-refractivity contribution in [2.24, 2.45) is 11.1 Å². The molecule has 3 heteroatoms. The van der Waals surface area contributed by atoms with Crippen molar-refractivity contribution < 1.29 is 9.53 Å². The molecule has 1 aliphatic heterocycles. The molecule has 0 fully saturated rings. The second-order valence-electron chi connectivity index (χ2n) is 6.35. The van der Waals surface area contributed by atoms with Gasteiger partial charge in [-0.25, -0.2) is 0 Å². The number of carbonyl (C=O) groups excluding carboxylic acids is 1. The maximum Gasteiger partial charge on any atom is 0.150 e. The molecule has 0 saturated carbocycles. The Labute approximate surface area is 115 Å². The van der Waals surface area contributed by atoms with Gasteiger partial charge in [-0.3, -0.25) is 4.79 Å². The summed E-state index contributed by atoms with van der Waals surface area (Å²) in [5.41, 5.74) is 8.26. The van der Waals surface area contributed by atoms with Gasteiger partial charge in [-0.15, -0.1) is 0 Å². The second kappa shape index (κ2) is 5.33. The molecule has 0 bridgehead atoms. The van der Waals surface area contributed by atoms with E-state index in [2.05, 4.69) is 6.07 Å². The van der Waals surface area contributed by atoms with E-state index in [1.165, 1.54) is 11.1 Å². The molecule has 1 aromatic carbocycles. The Morgan fingerprint density at radius 2 is 2.16 bits per heavy atom. The van der Waals surface area contributed by atoms with Gasteiger partial charge in [0.1, 0.15) is 11.5 Å². The fourth-order valence-electron chi connectivity index (χ4n) is 2.30. The molecule has 1 aromatic rings. The first-order valence-corrected chi connectivity index (χ1v) is 6.91. The summed E-state index contributed by atoms with van der Waals surface area (Å²) in [5, 5.41) is 0. The van der Waals surface area contributed by atoms with Crippen LogP contribution in [0.4, 0.5) is 0 Å². The Balaban J connectivity index is 1.94. The minimum absolute atomic E-state index is 0.143. The monoisotopic (exact) mass is 261 g/mol. The molecule has 0 radical (unpaired) electrons. The van der Waals surface area contributed by atoms with Crippen LogP contribution in [0, 0.1) is 5.41 Å². The van der Waals surface area contributed by atoms with Crippen LogP contribution in [0.15, 0.2) is 18.2 Å². The summed E-state index contributed by atoms with van der Waals surface area (Å²) in [5.74, 6) is 1.13. The molecule has 2 N–H and O–H groups in total. The summed E-state index contributed by atoms with van der Waals surface area (Å²) >= 11 is 0. The Morgan fingerprint density at radius 1 is 1.42 bits per heavy atom. The molecule has 1 aliphatic rings. The van der Waals surface area contributed by atoms with Gasteiger partial charge >= 0.3 is 0 Å². The molecule has 1 unspecified atom stereocenters. The topological polar surface area (TPSA) is 52.3 Å². The van der Waals surface area contributed by atoms with Crippen molar-refractivity contribution in [3.05, 3.63) is 29.3 Å². The number of ether oxygens (including phenoxy) is 1. The highest BCUT2D eigenvalue weighted by Gasteiger charge is 2.26. The fraction of sp³-hybridized carbons (Fsp3) is 0.562. The van der Waals surface area contributed by atoms with Crippen molar-refractivity contribution in [3.63, 3.8) is 0 Å². The molecule has 0 aromatic heterocycles. The molecule has 1 atom stereocenters. The van der Waals surface area contributed by atoms with Gasteiger partial charge in [0, 0.05) is 12.8 Å². The molecular weight excluding hydrogens is 238 g/mol. The van der Waals surface area contributed by atoms with E-state index in [4.69, 9.17) is 10.5 Å². The van der Waals surface area contributed by atoms with Crippen molar-refractivity contribution >= 4 is 5.78 Å². The zero-order valence-electron chi connectivity index (χ0n) is 12.0. The minimum Gasteiger partial charge on any atom is -0.493 e. The number of fused-ring (bicyclic) bond motifs is 1. The van der Waals surface area contributed by atoms with E-state index in [-0.39, 0.29) is 17.2 Å². The number of hydrogen-bond donors (Lipinski definition) is 1. The number of carbonyl (C=O) groups is 1. The van der Waals surface area contributed by atoms with E-state index in [1.807, 2.05) is 32.9 Å². The van der Waals surface area contributed by atoms with Gasteiger partial charge in [0.2, 0.25) is 0 Å². The predicted octanol–water partition coefficient (Wildman–Crippen LogP) is 2.50. The summed E-state index contributed by atoms with van der Waals surface area (Å²) in [6.45, 7) is 6.78. The number of Topliss-reactive ketones (excluding diaryl/α,β-unsaturated/α-hetero) is 1. The predicted molar refractivity (Wildman–Crippen MR) is 76.4 cm³/mol. The second-order valence-corrected chi connectivity index (χ2v) is 6.35. The number of ketones is 1. The molecule has 0 amide bonds. The number of rotatable bonds is 4. The average Bonchev–Trinajstić information content (AvgIpc) is 2.81. The van der Waals surface area contributed by atoms with Crippen LogP contribution in [-0.2, 0) is 17.6 Å². The standard InChI is InChI=1S/C16H23NO2/c1-16(2,3)15(17)13(18)6-4-11-5-7-14-12(10-11)8-9-19-14/h5,7,10,15H,4,6,8-9,17H2,1-3H3. The lowest BCUT2D eigenvalue weighted by atomic mass is 9.83. The van der Waals surface area contributed by atoms with Crippen LogP contribution in [0.3, 0.4) is 0 Å². The van der Waals surface area contributed by atoms with Gasteiger partial charge in [0.25, 0.3) is 0 Å². The molecule has 0 spiro atoms. The van der Waals surface area contributed by atoms with Crippen LogP contribution < -0.4 is 10.5 Å². The maximum absolute atomic E-state index is 12.0. The first-order valence-electron chi connectivity index (χ1n) is 6.91. The van der Waals surface area contributed by atoms with Gasteiger partial charge in [-0.05, 0) is 29.0 Å². The number of aryl methyl sites for hydroxylation is 1. The minimum atomic E-state index is -0.384. The third-order valence-corrected chi connectivity index (χ3v) is 3.69. The first-order chi connectivity index (χ1) is 8.88. The quantitative estimate of drug-likeness (QED) is 0.906. The maximum atomic E-state index is 12.0. The molecule has 3 nitrogen and oxygen atoms in total. The molecule has 0 aliphatic carbocycles. The lowest BCUT2D eigenvalue weighted by Gasteiger charge is -2.25. The van der Waals surface area contributed by atoms with Crippen molar-refractivity contribution in [1.29, 1.82) is 0 Å². The van der Waals surface area contributed by atoms with E-state index in [0.29, 0.717) is 6.42 Å². The Bertz CT molecular complexity index is 474. The summed E-state index contributed by atoms with van der Waals surface area (Å²) < 4.78 is 5.48. The Kier molecular flexibility index (Phi) is 3.95. The molecular formula is C16H23NO2. The lowest BCUT2D eigenvalue weighted by Crippen LogP contribution is -2.42. The summed E-state index contributed by atoms with van der Waals surface area (Å²) in [4.78, 5) is 12.0. The number of benzene rings is 1. The highest BCUT2D eigenvalue weighted by atomic mass is 16.5. The third kappa shape index (κ3) is 3.35. The van der Waals surface area contributed by atoms with Crippen LogP contribution in [0.5, 0.6) is 5.75 Å². The van der Waals surface area contributed by atoms with E-state index in [9.17, 15) is 4.79 Å². The highest BCUT2D eigenvalue weighted by molar-refractivity contribution is 5.84. The van der Waals surface area contributed by atoms with Crippen molar-refractivity contribution in [3.8, 4) is 5.75 Å². The summed E-state index contributed by atoms with van der Waals surface area (Å²) in [7, 11) is 0. The largest absolute Gasteiger partial charge is 0.493 e. The van der Waals surface area contributed by atoms with E-state index < -0.39 is 0 Å². The highest BCUT2D eigenvalue weighted by Crippen LogP contribution is 2.26. The average molecular weight is 261 g/mol. The first kappa shape index (κ1) is 14.1. The fourth-order valence-corrected chi connectivity index (χ4v) is 2.30. The lowest BCUT2D eigenvalue weighted by molar-refractivity contribution is -0.122. The van der Waals surface area contributed by atoms with Crippen molar-refractivity contribution in [1.82, 2.24) is 0 Å². The zero-order chi connectivity index (χ0) is 14.0. The third-order valence-electron chi connectivity index (χ3n) is 3.69. The number of hydrogen-bond acceptors (Lipinski definition) is 3. The summed E-state index contributed by atoms with van der Waals surface area (Å²) in [6, 6.07) is 5.81. The van der Waals surface area contributed by atoms with E-state index in [1.54, 1.807) is 0 Å². The van der Waals surface area contributed by atoms with Crippen LogP contribution in [0.25, 0.3) is 0 Å². The summed E-state index contributed by atoms with van der Waals surface area (Å²) in [6.07, 6.45) is 2.24. The van der Waals surface area contributed by atoms with Gasteiger partial charge in [0.15, 0.2) is 0 Å². The molecule has 0 saturated heterocycles. The van der Waals surface area contributed by atoms with Crippen LogP contribution in [0.2, 0.25) is 0 Å².